The van der Waals surface area contributed by atoms with Crippen molar-refractivity contribution in [1.29, 1.82) is 0 Å². The molecule has 3 N–H and O–H groups in total. The molecule has 0 spiro atoms. The van der Waals surface area contributed by atoms with Crippen LogP contribution in [0.5, 0.6) is 0 Å². The molecule has 3 aromatic rings. The molecule has 0 aliphatic carbocycles. The first-order chi connectivity index (χ1) is 11.6. The number of aromatic nitrogens is 3. The number of hydrogen-bond acceptors (Lipinski definition) is 5. The Bertz CT molecular complexity index is 1040. The van der Waals surface area contributed by atoms with E-state index in [2.05, 4.69) is 21.5 Å². The van der Waals surface area contributed by atoms with Crippen LogP contribution in [-0.4, -0.2) is 28.0 Å². The van der Waals surface area contributed by atoms with E-state index < -0.39 is 5.97 Å². The van der Waals surface area contributed by atoms with E-state index in [1.54, 1.807) is 18.5 Å². The molecule has 0 unspecified atom stereocenters. The number of pyridine rings is 2. The van der Waals surface area contributed by atoms with Gasteiger partial charge in [0.05, 0.1) is 18.0 Å². The zero-order valence-corrected chi connectivity index (χ0v) is 13.1. The van der Waals surface area contributed by atoms with Crippen LogP contribution in [-0.2, 0) is 4.74 Å². The second-order valence-corrected chi connectivity index (χ2v) is 5.14. The van der Waals surface area contributed by atoms with Crippen molar-refractivity contribution >= 4 is 34.9 Å². The van der Waals surface area contributed by atoms with Crippen LogP contribution in [0, 0.1) is 0 Å². The Morgan fingerprint density at radius 1 is 1.38 bits per heavy atom. The standard InChI is InChI=1S/C18H16N4O2/c1-11(12-4-3-5-20-9-12)6-14-15-7-13(18(23)24-2)10-21-17(15)22-16(14)8-19/h3-10H,1,19H2,2H3,(H,21,22)/b14-6-,16-8+. The Morgan fingerprint density at radius 2 is 2.21 bits per heavy atom. The summed E-state index contributed by atoms with van der Waals surface area (Å²) < 4.78 is 4.75. The van der Waals surface area contributed by atoms with E-state index in [1.165, 1.54) is 19.5 Å². The van der Waals surface area contributed by atoms with Gasteiger partial charge in [0.15, 0.2) is 0 Å². The number of H-pyrrole nitrogens is 1. The maximum atomic E-state index is 11.7. The summed E-state index contributed by atoms with van der Waals surface area (Å²) in [6.45, 7) is 4.08. The smallest absolute Gasteiger partial charge is 0.339 e. The number of methoxy groups -OCH3 is 1. The van der Waals surface area contributed by atoms with E-state index >= 15 is 0 Å². The summed E-state index contributed by atoms with van der Waals surface area (Å²) in [6.07, 6.45) is 8.25. The Labute approximate surface area is 138 Å². The summed E-state index contributed by atoms with van der Waals surface area (Å²) in [5.41, 5.74) is 8.38. The van der Waals surface area contributed by atoms with Crippen LogP contribution in [0.1, 0.15) is 15.9 Å². The van der Waals surface area contributed by atoms with Gasteiger partial charge in [0, 0.05) is 35.4 Å². The van der Waals surface area contributed by atoms with Gasteiger partial charge in [-0.3, -0.25) is 4.98 Å². The quantitative estimate of drug-likeness (QED) is 0.700. The van der Waals surface area contributed by atoms with E-state index in [1.807, 2.05) is 18.2 Å². The molecule has 6 nitrogen and oxygen atoms in total. The molecule has 0 radical (unpaired) electrons. The van der Waals surface area contributed by atoms with Gasteiger partial charge in [-0.1, -0.05) is 12.6 Å². The lowest BCUT2D eigenvalue weighted by atomic mass is 10.1. The van der Waals surface area contributed by atoms with Gasteiger partial charge < -0.3 is 15.5 Å². The molecule has 0 atom stereocenters. The number of esters is 1. The van der Waals surface area contributed by atoms with Crippen molar-refractivity contribution in [3.05, 3.63) is 65.1 Å². The third kappa shape index (κ3) is 2.77. The topological polar surface area (TPSA) is 93.9 Å². The van der Waals surface area contributed by atoms with Gasteiger partial charge in [-0.2, -0.15) is 0 Å². The first-order valence-corrected chi connectivity index (χ1v) is 7.23. The molecule has 0 aliphatic rings. The van der Waals surface area contributed by atoms with Gasteiger partial charge in [-0.25, -0.2) is 9.78 Å². The molecule has 0 amide bonds. The fourth-order valence-corrected chi connectivity index (χ4v) is 2.44. The molecule has 24 heavy (non-hydrogen) atoms. The molecule has 6 heteroatoms. The van der Waals surface area contributed by atoms with Crippen LogP contribution in [0.2, 0.25) is 0 Å². The molecule has 0 aromatic carbocycles. The average Bonchev–Trinajstić information content (AvgIpc) is 2.98. The Morgan fingerprint density at radius 3 is 2.88 bits per heavy atom. The van der Waals surface area contributed by atoms with Gasteiger partial charge in [-0.15, -0.1) is 0 Å². The number of carbonyl (C=O) groups excluding carboxylic acids is 1. The average molecular weight is 320 g/mol. The number of aromatic amines is 1. The van der Waals surface area contributed by atoms with Crippen LogP contribution < -0.4 is 16.3 Å². The van der Waals surface area contributed by atoms with Crippen LogP contribution >= 0.6 is 0 Å². The minimum atomic E-state index is -0.444. The molecule has 3 aromatic heterocycles. The van der Waals surface area contributed by atoms with Crippen LogP contribution in [0.3, 0.4) is 0 Å². The number of carbonyl (C=O) groups is 1. The van der Waals surface area contributed by atoms with Crippen molar-refractivity contribution in [2.45, 2.75) is 0 Å². The lowest BCUT2D eigenvalue weighted by Crippen LogP contribution is -2.24. The second kappa shape index (κ2) is 6.37. The van der Waals surface area contributed by atoms with Crippen molar-refractivity contribution in [2.24, 2.45) is 5.73 Å². The van der Waals surface area contributed by atoms with Crippen LogP contribution in [0.15, 0.2) is 43.4 Å². The molecular weight excluding hydrogens is 304 g/mol. The number of allylic oxidation sites excluding steroid dienone is 1. The maximum absolute atomic E-state index is 11.7. The van der Waals surface area contributed by atoms with Gasteiger partial charge in [-0.05, 0) is 29.3 Å². The molecular formula is C18H16N4O2. The van der Waals surface area contributed by atoms with E-state index in [0.29, 0.717) is 16.6 Å². The van der Waals surface area contributed by atoms with E-state index in [4.69, 9.17) is 10.5 Å². The summed E-state index contributed by atoms with van der Waals surface area (Å²) >= 11 is 0. The summed E-state index contributed by atoms with van der Waals surface area (Å²) in [7, 11) is 1.33. The van der Waals surface area contributed by atoms with Crippen LogP contribution in [0.4, 0.5) is 0 Å². The monoisotopic (exact) mass is 320 g/mol. The zero-order chi connectivity index (χ0) is 17.1. The van der Waals surface area contributed by atoms with E-state index in [9.17, 15) is 4.79 Å². The Kier molecular flexibility index (Phi) is 4.11. The molecule has 120 valence electrons. The summed E-state index contributed by atoms with van der Waals surface area (Å²) in [5, 5.41) is 2.27. The third-order valence-electron chi connectivity index (χ3n) is 3.66. The van der Waals surface area contributed by atoms with Crippen molar-refractivity contribution in [3.8, 4) is 0 Å². The SMILES string of the molecule is C=C(/C=c1\c(=C/N)[nH]c2ncc(C(=O)OC)cc12)c1cccnc1. The predicted molar refractivity (Wildman–Crippen MR) is 93.1 cm³/mol. The molecule has 0 saturated carbocycles. The highest BCUT2D eigenvalue weighted by Crippen LogP contribution is 2.13. The van der Waals surface area contributed by atoms with Gasteiger partial charge in [0.25, 0.3) is 0 Å². The number of nitrogens with zero attached hydrogens (tertiary/aromatic N) is 2. The van der Waals surface area contributed by atoms with Gasteiger partial charge >= 0.3 is 5.97 Å². The van der Waals surface area contributed by atoms with Crippen molar-refractivity contribution in [3.63, 3.8) is 0 Å². The van der Waals surface area contributed by atoms with E-state index in [-0.39, 0.29) is 0 Å². The highest BCUT2D eigenvalue weighted by Gasteiger charge is 2.10. The lowest BCUT2D eigenvalue weighted by Gasteiger charge is -1.99. The zero-order valence-electron chi connectivity index (χ0n) is 13.1. The summed E-state index contributed by atoms with van der Waals surface area (Å²) in [6, 6.07) is 5.49. The molecule has 0 fully saturated rings. The molecule has 0 aliphatic heterocycles. The fraction of sp³-hybridized carbons (Fsp3) is 0.0556. The molecule has 0 bridgehead atoms. The molecule has 3 rings (SSSR count). The number of hydrogen-bond donors (Lipinski definition) is 2. The number of rotatable bonds is 3. The lowest BCUT2D eigenvalue weighted by molar-refractivity contribution is 0.0600. The second-order valence-electron chi connectivity index (χ2n) is 5.14. The Balaban J connectivity index is 2.24. The normalized spacial score (nSPS) is 12.5. The predicted octanol–water partition coefficient (Wildman–Crippen LogP) is 0.935. The fourth-order valence-electron chi connectivity index (χ4n) is 2.44. The minimum Gasteiger partial charge on any atom is -0.465 e. The molecule has 3 heterocycles. The first kappa shape index (κ1) is 15.5. The van der Waals surface area contributed by atoms with Crippen LogP contribution in [0.25, 0.3) is 28.9 Å². The Hall–Kier alpha value is -3.41. The number of nitrogens with two attached hydrogens (primary N) is 1. The highest BCUT2D eigenvalue weighted by atomic mass is 16.5. The summed E-state index contributed by atoms with van der Waals surface area (Å²) in [5.74, 6) is -0.444. The van der Waals surface area contributed by atoms with Gasteiger partial charge in [0.2, 0.25) is 0 Å². The number of ether oxygens (including phenoxy) is 1. The largest absolute Gasteiger partial charge is 0.465 e. The number of nitrogens with one attached hydrogen (secondary N) is 1. The van der Waals surface area contributed by atoms with Crippen molar-refractivity contribution in [2.75, 3.05) is 7.11 Å². The summed E-state index contributed by atoms with van der Waals surface area (Å²) in [4.78, 5) is 23.2. The number of fused-ring (bicyclic) bond motifs is 1. The maximum Gasteiger partial charge on any atom is 0.339 e. The van der Waals surface area contributed by atoms with E-state index in [0.717, 1.165) is 21.7 Å². The van der Waals surface area contributed by atoms with Crippen molar-refractivity contribution < 1.29 is 9.53 Å². The van der Waals surface area contributed by atoms with Gasteiger partial charge in [0.1, 0.15) is 5.65 Å². The molecule has 0 saturated heterocycles. The minimum absolute atomic E-state index is 0.370. The third-order valence-corrected chi connectivity index (χ3v) is 3.66. The first-order valence-electron chi connectivity index (χ1n) is 7.23. The highest BCUT2D eigenvalue weighted by molar-refractivity contribution is 5.95. The van der Waals surface area contributed by atoms with Crippen molar-refractivity contribution in [1.82, 2.24) is 15.0 Å².